The van der Waals surface area contributed by atoms with Crippen LogP contribution in [0.1, 0.15) is 44.6 Å². The van der Waals surface area contributed by atoms with Crippen LogP contribution in [0.5, 0.6) is 0 Å². The molecule has 2 bridgehead atoms. The summed E-state index contributed by atoms with van der Waals surface area (Å²) < 4.78 is 11.8. The molecule has 0 aromatic heterocycles. The molecule has 0 unspecified atom stereocenters. The van der Waals surface area contributed by atoms with Crippen LogP contribution in [0.3, 0.4) is 0 Å². The van der Waals surface area contributed by atoms with E-state index in [0.717, 1.165) is 5.56 Å². The van der Waals surface area contributed by atoms with Gasteiger partial charge in [-0.2, -0.15) is 0 Å². The van der Waals surface area contributed by atoms with Gasteiger partial charge in [-0.15, -0.1) is 6.58 Å². The van der Waals surface area contributed by atoms with E-state index in [-0.39, 0.29) is 31.6 Å². The summed E-state index contributed by atoms with van der Waals surface area (Å²) in [5.41, 5.74) is 0.305. The molecule has 9 heteroatoms. The number of aliphatic hydroxyl groups is 1. The van der Waals surface area contributed by atoms with Gasteiger partial charge < -0.3 is 24.4 Å². The van der Waals surface area contributed by atoms with Crippen molar-refractivity contribution in [2.75, 3.05) is 31.2 Å². The van der Waals surface area contributed by atoms with Crippen LogP contribution >= 0.6 is 11.6 Å². The van der Waals surface area contributed by atoms with Crippen LogP contribution in [-0.2, 0) is 23.9 Å². The molecule has 0 radical (unpaired) electrons. The fourth-order valence-corrected chi connectivity index (χ4v) is 6.61. The van der Waals surface area contributed by atoms with Gasteiger partial charge in [0.2, 0.25) is 5.91 Å². The van der Waals surface area contributed by atoms with Crippen molar-refractivity contribution >= 4 is 35.1 Å². The number of hydrogen-bond acceptors (Lipinski definition) is 6. The zero-order valence-corrected chi connectivity index (χ0v) is 21.7. The molecule has 8 nitrogen and oxygen atoms in total. The van der Waals surface area contributed by atoms with Crippen molar-refractivity contribution in [3.63, 3.8) is 0 Å². The minimum Gasteiger partial charge on any atom is -0.466 e. The lowest BCUT2D eigenvalue weighted by Gasteiger charge is -2.37. The first-order chi connectivity index (χ1) is 17.3. The molecule has 196 valence electrons. The van der Waals surface area contributed by atoms with Crippen LogP contribution in [0.25, 0.3) is 0 Å². The molecule has 3 aliphatic rings. The highest BCUT2D eigenvalue weighted by Gasteiger charge is 2.75. The van der Waals surface area contributed by atoms with Crippen LogP contribution in [0, 0.1) is 18.8 Å². The van der Waals surface area contributed by atoms with Crippen LogP contribution in [0.15, 0.2) is 30.9 Å². The van der Waals surface area contributed by atoms with Gasteiger partial charge >= 0.3 is 5.97 Å². The second kappa shape index (κ2) is 10.9. The van der Waals surface area contributed by atoms with E-state index >= 15 is 0 Å². The number of carbonyl (C=O) groups excluding carboxylic acids is 3. The summed E-state index contributed by atoms with van der Waals surface area (Å²) in [6.07, 6.45) is 4.23. The Morgan fingerprint density at radius 2 is 2.14 bits per heavy atom. The largest absolute Gasteiger partial charge is 0.466 e. The highest BCUT2D eigenvalue weighted by Crippen LogP contribution is 2.59. The third-order valence-electron chi connectivity index (χ3n) is 7.69. The fraction of sp³-hybridized carbons (Fsp3) is 0.593. The number of fused-ring (bicyclic) bond motifs is 1. The van der Waals surface area contributed by atoms with E-state index in [9.17, 15) is 19.5 Å². The molecule has 1 aromatic rings. The minimum absolute atomic E-state index is 0.0670. The number of carbonyl (C=O) groups is 3. The van der Waals surface area contributed by atoms with Crippen molar-refractivity contribution in [1.82, 2.24) is 4.90 Å². The monoisotopic (exact) mass is 518 g/mol. The van der Waals surface area contributed by atoms with Gasteiger partial charge in [-0.05, 0) is 57.6 Å². The molecule has 3 saturated heterocycles. The molecule has 2 amide bonds. The Morgan fingerprint density at radius 1 is 1.36 bits per heavy atom. The van der Waals surface area contributed by atoms with Crippen molar-refractivity contribution in [1.29, 1.82) is 0 Å². The molecular formula is C27H35ClN2O6. The Balaban J connectivity index is 1.76. The van der Waals surface area contributed by atoms with Crippen molar-refractivity contribution in [2.45, 2.75) is 63.7 Å². The summed E-state index contributed by atoms with van der Waals surface area (Å²) in [7, 11) is 0. The topological polar surface area (TPSA) is 96.4 Å². The highest BCUT2D eigenvalue weighted by atomic mass is 35.5. The molecule has 0 saturated carbocycles. The average molecular weight is 519 g/mol. The molecule has 3 heterocycles. The van der Waals surface area contributed by atoms with Gasteiger partial charge in [0.1, 0.15) is 11.6 Å². The molecule has 3 fully saturated rings. The third-order valence-corrected chi connectivity index (χ3v) is 7.99. The van der Waals surface area contributed by atoms with E-state index in [1.165, 1.54) is 0 Å². The number of aliphatic hydroxyl groups excluding tert-OH is 1. The summed E-state index contributed by atoms with van der Waals surface area (Å²) in [5, 5.41) is 9.62. The summed E-state index contributed by atoms with van der Waals surface area (Å²) in [4.78, 5) is 44.4. The molecule has 4 rings (SSSR count). The number of esters is 1. The van der Waals surface area contributed by atoms with Crippen molar-refractivity contribution in [3.8, 4) is 0 Å². The zero-order valence-electron chi connectivity index (χ0n) is 21.0. The van der Waals surface area contributed by atoms with Crippen LogP contribution in [0.4, 0.5) is 5.69 Å². The normalized spacial score (nSPS) is 28.3. The van der Waals surface area contributed by atoms with E-state index in [1.54, 1.807) is 28.9 Å². The van der Waals surface area contributed by atoms with Crippen molar-refractivity contribution in [2.24, 2.45) is 11.8 Å². The first-order valence-corrected chi connectivity index (χ1v) is 13.1. The zero-order chi connectivity index (χ0) is 26.0. The van der Waals surface area contributed by atoms with Gasteiger partial charge in [0.15, 0.2) is 0 Å². The number of hydrogen-bond donors (Lipinski definition) is 1. The molecule has 1 N–H and O–H groups in total. The van der Waals surface area contributed by atoms with E-state index in [1.807, 2.05) is 19.1 Å². The van der Waals surface area contributed by atoms with E-state index in [2.05, 4.69) is 6.58 Å². The first kappa shape index (κ1) is 26.6. The molecule has 5 atom stereocenters. The Hall–Kier alpha value is -2.42. The lowest BCUT2D eigenvalue weighted by Crippen LogP contribution is -2.56. The quantitative estimate of drug-likeness (QED) is 0.274. The minimum atomic E-state index is -1.10. The summed E-state index contributed by atoms with van der Waals surface area (Å²) >= 11 is 6.56. The van der Waals surface area contributed by atoms with Gasteiger partial charge in [-0.25, -0.2) is 0 Å². The van der Waals surface area contributed by atoms with E-state index in [4.69, 9.17) is 21.1 Å². The number of nitrogens with zero attached hydrogens (tertiary/aromatic N) is 2. The Morgan fingerprint density at radius 3 is 2.81 bits per heavy atom. The van der Waals surface area contributed by atoms with Gasteiger partial charge in [-0.1, -0.05) is 29.8 Å². The number of unbranched alkanes of at least 4 members (excludes halogenated alkanes) is 2. The fourth-order valence-electron chi connectivity index (χ4n) is 6.28. The number of rotatable bonds is 11. The number of para-hydroxylation sites is 1. The second-order valence-electron chi connectivity index (χ2n) is 9.77. The Kier molecular flexibility index (Phi) is 8.07. The molecule has 0 aliphatic carbocycles. The van der Waals surface area contributed by atoms with Crippen molar-refractivity contribution in [3.05, 3.63) is 41.4 Å². The van der Waals surface area contributed by atoms with Crippen LogP contribution < -0.4 is 4.90 Å². The average Bonchev–Trinajstić information content (AvgIpc) is 3.48. The number of amides is 2. The van der Waals surface area contributed by atoms with Gasteiger partial charge in [0.05, 0.1) is 35.3 Å². The first-order valence-electron chi connectivity index (χ1n) is 12.8. The summed E-state index contributed by atoms with van der Waals surface area (Å²) in [6, 6.07) is 4.54. The van der Waals surface area contributed by atoms with Gasteiger partial charge in [-0.3, -0.25) is 14.4 Å². The van der Waals surface area contributed by atoms with Gasteiger partial charge in [0, 0.05) is 19.7 Å². The maximum Gasteiger partial charge on any atom is 0.312 e. The SMILES string of the molecule is C=CCN(C(=O)[C@H]1N(CCCCCO)C(=O)[C@@H]2[C@@H](C(=O)OCC)[C@H]3CC[C@]21O3)c1c(C)cccc1Cl. The van der Waals surface area contributed by atoms with Crippen molar-refractivity contribution < 1.29 is 29.0 Å². The predicted octanol–water partition coefficient (Wildman–Crippen LogP) is 3.27. The maximum absolute atomic E-state index is 14.4. The Labute approximate surface area is 217 Å². The second-order valence-corrected chi connectivity index (χ2v) is 10.2. The summed E-state index contributed by atoms with van der Waals surface area (Å²) in [6.45, 7) is 8.26. The molecule has 1 spiro atoms. The standard InChI is InChI=1S/C27H35ClN2O6/c1-4-14-29(22-17(3)10-9-11-18(22)28)25(33)23-27-13-12-19(36-27)20(26(34)35-5-2)21(27)24(32)30(23)15-7-6-8-16-31/h4,9-11,19-21,23,31H,1,5-8,12-16H2,2-3H3/t19-,20+,21+,23-,27+/m1/s1. The van der Waals surface area contributed by atoms with Crippen LogP contribution in [0.2, 0.25) is 5.02 Å². The smallest absolute Gasteiger partial charge is 0.312 e. The molecule has 3 aliphatic heterocycles. The third kappa shape index (κ3) is 4.33. The molecule has 36 heavy (non-hydrogen) atoms. The maximum atomic E-state index is 14.4. The highest BCUT2D eigenvalue weighted by molar-refractivity contribution is 6.34. The number of anilines is 1. The molecule has 1 aromatic carbocycles. The number of aryl methyl sites for hydroxylation is 1. The number of halogens is 1. The predicted molar refractivity (Wildman–Crippen MR) is 136 cm³/mol. The lowest BCUT2D eigenvalue weighted by atomic mass is 9.70. The Bertz CT molecular complexity index is 1010. The van der Waals surface area contributed by atoms with Crippen LogP contribution in [-0.4, -0.2) is 71.8 Å². The number of benzene rings is 1. The lowest BCUT2D eigenvalue weighted by molar-refractivity contribution is -0.154. The van der Waals surface area contributed by atoms with E-state index < -0.39 is 35.6 Å². The van der Waals surface area contributed by atoms with Gasteiger partial charge in [0.25, 0.3) is 5.91 Å². The summed E-state index contributed by atoms with van der Waals surface area (Å²) in [5.74, 6) is -2.47. The molecular weight excluding hydrogens is 484 g/mol. The number of likely N-dealkylation sites (tertiary alicyclic amines) is 1. The van der Waals surface area contributed by atoms with E-state index in [0.29, 0.717) is 49.4 Å². The number of ether oxygens (including phenoxy) is 2.